The number of carboxylic acid groups (broad SMARTS) is 1. The van der Waals surface area contributed by atoms with E-state index in [9.17, 15) is 14.7 Å². The van der Waals surface area contributed by atoms with Crippen molar-refractivity contribution in [1.82, 2.24) is 14.3 Å². The van der Waals surface area contributed by atoms with Crippen LogP contribution in [-0.2, 0) is 14.9 Å². The van der Waals surface area contributed by atoms with Crippen LogP contribution in [0.15, 0.2) is 39.2 Å². The number of nitrogen functional groups attached to an aromatic ring is 1. The van der Waals surface area contributed by atoms with E-state index in [1.54, 1.807) is 6.92 Å². The second kappa shape index (κ2) is 8.20. The molecule has 3 heterocycles. The lowest BCUT2D eigenvalue weighted by atomic mass is 10.1. The van der Waals surface area contributed by atoms with Gasteiger partial charge in [-0.1, -0.05) is 30.3 Å². The van der Waals surface area contributed by atoms with Crippen molar-refractivity contribution in [1.29, 1.82) is 0 Å². The summed E-state index contributed by atoms with van der Waals surface area (Å²) in [5.74, 6) is 4.69. The first kappa shape index (κ1) is 21.5. The highest BCUT2D eigenvalue weighted by molar-refractivity contribution is 7.07. The molecule has 5 rings (SSSR count). The molecule has 1 aliphatic rings. The summed E-state index contributed by atoms with van der Waals surface area (Å²) < 4.78 is 20.4. The predicted molar refractivity (Wildman–Crippen MR) is 120 cm³/mol. The zero-order valence-corrected chi connectivity index (χ0v) is 18.5. The highest BCUT2D eigenvalue weighted by atomic mass is 32.1. The molecule has 172 valence electrons. The predicted octanol–water partition coefficient (Wildman–Crippen LogP) is 3.68. The number of amides is 1. The number of benzene rings is 1. The SMILES string of the molecule is CC(OC(=O)Nc1c(N)nsc1C#Cc1nc2oc(C3(C(=O)O)CC3)nc2o1)c1ccccc1. The minimum atomic E-state index is -1.09. The zero-order chi connectivity index (χ0) is 23.9. The van der Waals surface area contributed by atoms with Gasteiger partial charge >= 0.3 is 12.1 Å². The first-order valence-corrected chi connectivity index (χ1v) is 10.9. The van der Waals surface area contributed by atoms with Crippen molar-refractivity contribution in [2.24, 2.45) is 0 Å². The molecular weight excluding hydrogens is 462 g/mol. The van der Waals surface area contributed by atoms with Crippen molar-refractivity contribution in [3.63, 3.8) is 0 Å². The third kappa shape index (κ3) is 3.93. The smallest absolute Gasteiger partial charge is 0.412 e. The third-order valence-corrected chi connectivity index (χ3v) is 6.10. The van der Waals surface area contributed by atoms with Gasteiger partial charge in [-0.3, -0.25) is 10.1 Å². The number of aromatic nitrogens is 3. The minimum absolute atomic E-state index is 0.00571. The number of oxazole rings is 2. The second-order valence-electron chi connectivity index (χ2n) is 7.64. The number of carbonyl (C=O) groups excluding carboxylic acids is 1. The molecule has 0 aliphatic heterocycles. The Hall–Kier alpha value is -4.37. The van der Waals surface area contributed by atoms with Crippen LogP contribution in [0.2, 0.25) is 0 Å². The highest BCUT2D eigenvalue weighted by Gasteiger charge is 2.56. The van der Waals surface area contributed by atoms with E-state index in [2.05, 4.69) is 31.5 Å². The Kier molecular flexibility index (Phi) is 5.18. The summed E-state index contributed by atoms with van der Waals surface area (Å²) in [4.78, 5) is 32.4. The van der Waals surface area contributed by atoms with Gasteiger partial charge in [-0.15, -0.1) is 0 Å². The fourth-order valence-corrected chi connectivity index (χ4v) is 3.87. The number of fused-ring (bicyclic) bond motifs is 1. The summed E-state index contributed by atoms with van der Waals surface area (Å²) in [6, 6.07) is 9.29. The molecule has 3 aromatic heterocycles. The van der Waals surface area contributed by atoms with Gasteiger partial charge < -0.3 is 24.4 Å². The maximum absolute atomic E-state index is 12.4. The molecule has 4 aromatic rings. The Bertz CT molecular complexity index is 1430. The Labute approximate surface area is 196 Å². The van der Waals surface area contributed by atoms with E-state index >= 15 is 0 Å². The molecule has 0 spiro atoms. The summed E-state index contributed by atoms with van der Waals surface area (Å²) >= 11 is 0.986. The molecular formula is C22H17N5O6S. The molecule has 1 saturated carbocycles. The molecule has 11 nitrogen and oxygen atoms in total. The van der Waals surface area contributed by atoms with Gasteiger partial charge in [0.15, 0.2) is 5.82 Å². The summed E-state index contributed by atoms with van der Waals surface area (Å²) in [7, 11) is 0. The van der Waals surface area contributed by atoms with E-state index in [-0.39, 0.29) is 34.7 Å². The molecule has 1 aromatic carbocycles. The molecule has 34 heavy (non-hydrogen) atoms. The number of ether oxygens (including phenoxy) is 1. The molecule has 4 N–H and O–H groups in total. The van der Waals surface area contributed by atoms with Crippen LogP contribution in [0.1, 0.15) is 48.1 Å². The normalized spacial score (nSPS) is 14.7. The molecule has 1 amide bonds. The van der Waals surface area contributed by atoms with Crippen molar-refractivity contribution in [2.75, 3.05) is 11.1 Å². The van der Waals surface area contributed by atoms with Crippen LogP contribution in [0.4, 0.5) is 16.3 Å². The van der Waals surface area contributed by atoms with Gasteiger partial charge in [0.25, 0.3) is 17.3 Å². The topological polar surface area (TPSA) is 167 Å². The summed E-state index contributed by atoms with van der Waals surface area (Å²) in [5.41, 5.74) is 5.97. The van der Waals surface area contributed by atoms with Crippen molar-refractivity contribution in [3.8, 4) is 11.8 Å². The molecule has 0 radical (unpaired) electrons. The van der Waals surface area contributed by atoms with E-state index in [4.69, 9.17) is 19.3 Å². The van der Waals surface area contributed by atoms with Gasteiger partial charge in [-0.2, -0.15) is 14.3 Å². The van der Waals surface area contributed by atoms with Gasteiger partial charge in [0.1, 0.15) is 22.1 Å². The van der Waals surface area contributed by atoms with Crippen LogP contribution < -0.4 is 11.1 Å². The first-order valence-electron chi connectivity index (χ1n) is 10.2. The van der Waals surface area contributed by atoms with Gasteiger partial charge in [-0.05, 0) is 48.7 Å². The van der Waals surface area contributed by atoms with Gasteiger partial charge in [0.2, 0.25) is 5.89 Å². The van der Waals surface area contributed by atoms with Crippen molar-refractivity contribution in [2.45, 2.75) is 31.3 Å². The third-order valence-electron chi connectivity index (χ3n) is 5.33. The van der Waals surface area contributed by atoms with E-state index < -0.39 is 23.6 Å². The van der Waals surface area contributed by atoms with Crippen molar-refractivity contribution in [3.05, 3.63) is 52.6 Å². The number of aliphatic carboxylic acids is 1. The largest absolute Gasteiger partial charge is 0.480 e. The molecule has 1 fully saturated rings. The number of rotatable bonds is 5. The van der Waals surface area contributed by atoms with Crippen molar-refractivity contribution >= 4 is 46.5 Å². The van der Waals surface area contributed by atoms with Gasteiger partial charge in [-0.25, -0.2) is 4.79 Å². The number of hydrogen-bond donors (Lipinski definition) is 3. The minimum Gasteiger partial charge on any atom is -0.480 e. The standard InChI is InChI=1S/C22H17N5O6S/c1-11(12-5-3-2-4-6-12)31-21(30)25-15-13(34-27-16(15)23)7-8-14-24-17-18(32-14)26-19(33-17)22(9-10-22)20(28)29/h2-6,11H,9-10H2,1H3,(H2,23,27)(H,25,30)(H,28,29). The van der Waals surface area contributed by atoms with E-state index in [0.29, 0.717) is 17.7 Å². The maximum Gasteiger partial charge on any atom is 0.412 e. The quantitative estimate of drug-likeness (QED) is 0.359. The fourth-order valence-electron chi connectivity index (χ4n) is 3.25. The lowest BCUT2D eigenvalue weighted by Crippen LogP contribution is -2.19. The van der Waals surface area contributed by atoms with E-state index in [1.165, 1.54) is 0 Å². The summed E-state index contributed by atoms with van der Waals surface area (Å²) in [6.45, 7) is 1.75. The van der Waals surface area contributed by atoms with E-state index in [1.807, 2.05) is 30.3 Å². The average molecular weight is 479 g/mol. The fraction of sp³-hybridized carbons (Fsp3) is 0.227. The van der Waals surface area contributed by atoms with Crippen molar-refractivity contribution < 1.29 is 28.3 Å². The first-order chi connectivity index (χ1) is 16.4. The van der Waals surface area contributed by atoms with Crippen LogP contribution in [0.5, 0.6) is 0 Å². The van der Waals surface area contributed by atoms with Gasteiger partial charge in [0.05, 0.1) is 0 Å². The van der Waals surface area contributed by atoms with E-state index in [0.717, 1.165) is 17.1 Å². The summed E-state index contributed by atoms with van der Waals surface area (Å²) in [6.07, 6.45) is -0.274. The maximum atomic E-state index is 12.4. The van der Waals surface area contributed by atoms with Crippen LogP contribution in [-0.4, -0.2) is 31.5 Å². The molecule has 1 atom stereocenters. The number of anilines is 2. The number of hydrogen-bond acceptors (Lipinski definition) is 10. The number of nitrogens with two attached hydrogens (primary N) is 1. The second-order valence-corrected chi connectivity index (χ2v) is 8.41. The Morgan fingerprint density at radius 2 is 1.94 bits per heavy atom. The number of carbonyl (C=O) groups is 2. The number of nitrogens with zero attached hydrogens (tertiary/aromatic N) is 3. The molecule has 1 aliphatic carbocycles. The zero-order valence-electron chi connectivity index (χ0n) is 17.7. The monoisotopic (exact) mass is 479 g/mol. The van der Waals surface area contributed by atoms with Crippen LogP contribution in [0.3, 0.4) is 0 Å². The molecule has 0 saturated heterocycles. The van der Waals surface area contributed by atoms with Crippen LogP contribution >= 0.6 is 11.5 Å². The molecule has 0 bridgehead atoms. The van der Waals surface area contributed by atoms with Crippen LogP contribution in [0, 0.1) is 11.8 Å². The number of carboxylic acids is 1. The lowest BCUT2D eigenvalue weighted by Gasteiger charge is -2.14. The lowest BCUT2D eigenvalue weighted by molar-refractivity contribution is -0.140. The molecule has 12 heteroatoms. The Balaban J connectivity index is 1.30. The average Bonchev–Trinajstić information content (AvgIpc) is 3.26. The number of nitrogens with one attached hydrogen (secondary N) is 1. The molecule has 1 unspecified atom stereocenters. The summed E-state index contributed by atoms with van der Waals surface area (Å²) in [5, 5.41) is 11.9. The van der Waals surface area contributed by atoms with Gasteiger partial charge in [0, 0.05) is 0 Å². The Morgan fingerprint density at radius 1 is 1.21 bits per heavy atom. The Morgan fingerprint density at radius 3 is 2.62 bits per heavy atom. The van der Waals surface area contributed by atoms with Crippen LogP contribution in [0.25, 0.3) is 11.4 Å². The highest BCUT2D eigenvalue weighted by Crippen LogP contribution is 2.48.